The van der Waals surface area contributed by atoms with Crippen LogP contribution in [0.5, 0.6) is 0 Å². The Bertz CT molecular complexity index is 551. The van der Waals surface area contributed by atoms with Crippen molar-refractivity contribution < 1.29 is 5.11 Å². The fourth-order valence-electron chi connectivity index (χ4n) is 2.42. The molecule has 2 heteroatoms. The highest BCUT2D eigenvalue weighted by Crippen LogP contribution is 2.26. The van der Waals surface area contributed by atoms with Crippen LogP contribution in [0.2, 0.25) is 0 Å². The van der Waals surface area contributed by atoms with E-state index in [2.05, 4.69) is 61.6 Å². The zero-order valence-electron chi connectivity index (χ0n) is 12.4. The van der Waals surface area contributed by atoms with Crippen LogP contribution in [0.4, 0.5) is 0 Å². The minimum absolute atomic E-state index is 0.0557. The Morgan fingerprint density at radius 2 is 1.75 bits per heavy atom. The maximum Gasteiger partial charge on any atom is 0.0582 e. The predicted octanol–water partition coefficient (Wildman–Crippen LogP) is 3.36. The molecule has 0 aliphatic heterocycles. The van der Waals surface area contributed by atoms with Gasteiger partial charge in [0.1, 0.15) is 0 Å². The Kier molecular flexibility index (Phi) is 4.94. The summed E-state index contributed by atoms with van der Waals surface area (Å²) in [6.45, 7) is 6.38. The molecule has 2 N–H and O–H groups in total. The lowest BCUT2D eigenvalue weighted by molar-refractivity contribution is 0.245. The lowest BCUT2D eigenvalue weighted by Gasteiger charge is -2.25. The number of aliphatic hydroxyl groups is 1. The number of nitrogens with one attached hydrogen (secondary N) is 1. The van der Waals surface area contributed by atoms with E-state index in [-0.39, 0.29) is 18.7 Å². The molecule has 0 fully saturated rings. The molecule has 0 saturated heterocycles. The van der Waals surface area contributed by atoms with E-state index in [0.29, 0.717) is 0 Å². The van der Waals surface area contributed by atoms with Crippen LogP contribution in [-0.4, -0.2) is 17.8 Å². The summed E-state index contributed by atoms with van der Waals surface area (Å²) in [5.41, 5.74) is 5.02. The van der Waals surface area contributed by atoms with Crippen LogP contribution < -0.4 is 5.32 Å². The average molecular weight is 269 g/mol. The quantitative estimate of drug-likeness (QED) is 0.872. The van der Waals surface area contributed by atoms with Crippen LogP contribution in [0, 0.1) is 13.8 Å². The van der Waals surface area contributed by atoms with Crippen molar-refractivity contribution in [3.63, 3.8) is 0 Å². The summed E-state index contributed by atoms with van der Waals surface area (Å²) in [5.74, 6) is 0. The molecule has 2 atom stereocenters. The zero-order valence-corrected chi connectivity index (χ0v) is 12.4. The zero-order chi connectivity index (χ0) is 14.5. The molecule has 0 aromatic heterocycles. The summed E-state index contributed by atoms with van der Waals surface area (Å²) >= 11 is 0. The smallest absolute Gasteiger partial charge is 0.0582 e. The first-order valence-corrected chi connectivity index (χ1v) is 7.11. The fourth-order valence-corrected chi connectivity index (χ4v) is 2.42. The van der Waals surface area contributed by atoms with E-state index in [1.54, 1.807) is 0 Å². The van der Waals surface area contributed by atoms with Crippen LogP contribution in [-0.2, 0) is 0 Å². The first-order chi connectivity index (χ1) is 9.61. The van der Waals surface area contributed by atoms with E-state index in [1.807, 2.05) is 13.0 Å². The number of hydrogen-bond acceptors (Lipinski definition) is 2. The maximum atomic E-state index is 9.34. The Labute approximate surface area is 121 Å². The summed E-state index contributed by atoms with van der Waals surface area (Å²) in [6.07, 6.45) is 0. The first-order valence-electron chi connectivity index (χ1n) is 7.11. The van der Waals surface area contributed by atoms with Crippen molar-refractivity contribution in [3.8, 4) is 0 Å². The highest BCUT2D eigenvalue weighted by Gasteiger charge is 2.18. The second kappa shape index (κ2) is 6.69. The van der Waals surface area contributed by atoms with Crippen LogP contribution in [0.3, 0.4) is 0 Å². The minimum Gasteiger partial charge on any atom is -0.395 e. The Morgan fingerprint density at radius 3 is 2.40 bits per heavy atom. The van der Waals surface area contributed by atoms with Crippen molar-refractivity contribution in [1.29, 1.82) is 0 Å². The Balaban J connectivity index is 2.43. The SMILES string of the molecule is Cc1ccc(C)c(C(N[C@H](C)CO)c2ccccc2)c1. The van der Waals surface area contributed by atoms with Gasteiger partial charge >= 0.3 is 0 Å². The van der Waals surface area contributed by atoms with Crippen molar-refractivity contribution >= 4 is 0 Å². The van der Waals surface area contributed by atoms with Gasteiger partial charge < -0.3 is 10.4 Å². The molecule has 0 amide bonds. The third-order valence-electron chi connectivity index (χ3n) is 3.60. The summed E-state index contributed by atoms with van der Waals surface area (Å²) in [4.78, 5) is 0. The van der Waals surface area contributed by atoms with E-state index in [1.165, 1.54) is 22.3 Å². The number of rotatable bonds is 5. The van der Waals surface area contributed by atoms with Gasteiger partial charge in [0.05, 0.1) is 12.6 Å². The summed E-state index contributed by atoms with van der Waals surface area (Å²) in [6, 6.07) is 17.1. The standard InChI is InChI=1S/C18H23NO/c1-13-9-10-14(2)17(11-13)18(19-15(3)12-20)16-7-5-4-6-8-16/h4-11,15,18-20H,12H2,1-3H3/t15-,18?/m1/s1. The Morgan fingerprint density at radius 1 is 1.05 bits per heavy atom. The third-order valence-corrected chi connectivity index (χ3v) is 3.60. The summed E-state index contributed by atoms with van der Waals surface area (Å²) in [5, 5.41) is 12.9. The second-order valence-electron chi connectivity index (χ2n) is 5.45. The normalized spacial score (nSPS) is 14.0. The van der Waals surface area contributed by atoms with E-state index in [9.17, 15) is 5.11 Å². The molecule has 0 heterocycles. The van der Waals surface area contributed by atoms with E-state index >= 15 is 0 Å². The van der Waals surface area contributed by atoms with Gasteiger partial charge in [0, 0.05) is 6.04 Å². The molecule has 20 heavy (non-hydrogen) atoms. The van der Waals surface area contributed by atoms with Crippen LogP contribution in [0.25, 0.3) is 0 Å². The van der Waals surface area contributed by atoms with Crippen molar-refractivity contribution in [2.45, 2.75) is 32.9 Å². The minimum atomic E-state index is 0.0557. The van der Waals surface area contributed by atoms with Crippen LogP contribution >= 0.6 is 0 Å². The molecule has 2 nitrogen and oxygen atoms in total. The Hall–Kier alpha value is -1.64. The van der Waals surface area contributed by atoms with Gasteiger partial charge in [-0.2, -0.15) is 0 Å². The van der Waals surface area contributed by atoms with E-state index in [0.717, 1.165) is 0 Å². The highest BCUT2D eigenvalue weighted by molar-refractivity contribution is 5.39. The molecule has 2 rings (SSSR count). The van der Waals surface area contributed by atoms with Crippen LogP contribution in [0.15, 0.2) is 48.5 Å². The van der Waals surface area contributed by atoms with Gasteiger partial charge in [-0.1, -0.05) is 54.1 Å². The number of hydrogen-bond donors (Lipinski definition) is 2. The second-order valence-corrected chi connectivity index (χ2v) is 5.45. The largest absolute Gasteiger partial charge is 0.395 e. The molecule has 1 unspecified atom stereocenters. The predicted molar refractivity (Wildman–Crippen MR) is 83.9 cm³/mol. The molecular weight excluding hydrogens is 246 g/mol. The van der Waals surface area contributed by atoms with E-state index < -0.39 is 0 Å². The van der Waals surface area contributed by atoms with Crippen LogP contribution in [0.1, 0.15) is 35.2 Å². The molecule has 0 radical (unpaired) electrons. The molecule has 0 aliphatic carbocycles. The number of aliphatic hydroxyl groups excluding tert-OH is 1. The molecule has 2 aromatic rings. The van der Waals surface area contributed by atoms with Crippen molar-refractivity contribution in [1.82, 2.24) is 5.32 Å². The van der Waals surface area contributed by atoms with Gasteiger partial charge in [-0.25, -0.2) is 0 Å². The third kappa shape index (κ3) is 3.47. The van der Waals surface area contributed by atoms with Gasteiger partial charge in [-0.15, -0.1) is 0 Å². The van der Waals surface area contributed by atoms with Gasteiger partial charge in [0.25, 0.3) is 0 Å². The average Bonchev–Trinajstić information content (AvgIpc) is 2.48. The molecule has 0 spiro atoms. The lowest BCUT2D eigenvalue weighted by Crippen LogP contribution is -2.34. The first kappa shape index (κ1) is 14.8. The van der Waals surface area contributed by atoms with Gasteiger partial charge in [0.15, 0.2) is 0 Å². The monoisotopic (exact) mass is 269 g/mol. The molecule has 0 saturated carbocycles. The molecular formula is C18H23NO. The topological polar surface area (TPSA) is 32.3 Å². The summed E-state index contributed by atoms with van der Waals surface area (Å²) < 4.78 is 0. The molecule has 2 aromatic carbocycles. The molecule has 0 bridgehead atoms. The van der Waals surface area contributed by atoms with E-state index in [4.69, 9.17) is 0 Å². The summed E-state index contributed by atoms with van der Waals surface area (Å²) in [7, 11) is 0. The van der Waals surface area contributed by atoms with Crippen molar-refractivity contribution in [2.24, 2.45) is 0 Å². The highest BCUT2D eigenvalue weighted by atomic mass is 16.3. The van der Waals surface area contributed by atoms with Crippen molar-refractivity contribution in [3.05, 3.63) is 70.8 Å². The molecule has 106 valence electrons. The lowest BCUT2D eigenvalue weighted by atomic mass is 9.93. The maximum absolute atomic E-state index is 9.34. The molecule has 0 aliphatic rings. The van der Waals surface area contributed by atoms with Gasteiger partial charge in [-0.3, -0.25) is 0 Å². The van der Waals surface area contributed by atoms with Crippen molar-refractivity contribution in [2.75, 3.05) is 6.61 Å². The number of benzene rings is 2. The number of aryl methyl sites for hydroxylation is 2. The van der Waals surface area contributed by atoms with Gasteiger partial charge in [0.2, 0.25) is 0 Å². The van der Waals surface area contributed by atoms with Gasteiger partial charge in [-0.05, 0) is 37.5 Å². The fraction of sp³-hybridized carbons (Fsp3) is 0.333.